The second kappa shape index (κ2) is 7.17. The Morgan fingerprint density at radius 1 is 1.15 bits per heavy atom. The molecule has 1 heterocycles. The van der Waals surface area contributed by atoms with Crippen molar-refractivity contribution in [1.29, 1.82) is 0 Å². The molecule has 140 valence electrons. The third kappa shape index (κ3) is 3.89. The van der Waals surface area contributed by atoms with Gasteiger partial charge in [-0.3, -0.25) is 0 Å². The van der Waals surface area contributed by atoms with Gasteiger partial charge in [-0.15, -0.1) is 0 Å². The molecule has 0 spiro atoms. The van der Waals surface area contributed by atoms with E-state index in [1.54, 1.807) is 18.2 Å². The van der Waals surface area contributed by atoms with Gasteiger partial charge in [-0.05, 0) is 43.7 Å². The highest BCUT2D eigenvalue weighted by Gasteiger charge is 2.24. The van der Waals surface area contributed by atoms with Gasteiger partial charge in [-0.25, -0.2) is 18.1 Å². The molecule has 7 heteroatoms. The maximum atomic E-state index is 12.2. The molecule has 0 bridgehead atoms. The first kappa shape index (κ1) is 17.8. The van der Waals surface area contributed by atoms with Gasteiger partial charge in [0, 0.05) is 30.0 Å². The predicted octanol–water partition coefficient (Wildman–Crippen LogP) is 3.41. The number of benzene rings is 2. The van der Waals surface area contributed by atoms with Crippen molar-refractivity contribution in [2.45, 2.75) is 30.3 Å². The number of nitrogens with zero attached hydrogens (tertiary/aromatic N) is 2. The Kier molecular flexibility index (Phi) is 4.72. The molecule has 6 nitrogen and oxygen atoms in total. The molecule has 0 atom stereocenters. The van der Waals surface area contributed by atoms with Crippen LogP contribution in [0.25, 0.3) is 11.3 Å². The second-order valence-corrected chi connectivity index (χ2v) is 8.58. The van der Waals surface area contributed by atoms with E-state index in [1.807, 2.05) is 42.9 Å². The molecular weight excluding hydrogens is 360 g/mol. The van der Waals surface area contributed by atoms with Crippen LogP contribution in [0.2, 0.25) is 0 Å². The third-order valence-electron chi connectivity index (χ3n) is 4.74. The summed E-state index contributed by atoms with van der Waals surface area (Å²) < 4.78 is 29.0. The molecule has 2 aromatic carbocycles. The first-order valence-corrected chi connectivity index (χ1v) is 10.4. The van der Waals surface area contributed by atoms with Crippen molar-refractivity contribution in [2.75, 3.05) is 12.4 Å². The molecule has 0 amide bonds. The van der Waals surface area contributed by atoms with E-state index in [0.29, 0.717) is 12.6 Å². The van der Waals surface area contributed by atoms with Gasteiger partial charge < -0.3 is 9.88 Å². The van der Waals surface area contributed by atoms with Gasteiger partial charge in [0.05, 0.1) is 16.9 Å². The molecule has 3 aromatic rings. The maximum Gasteiger partial charge on any atom is 0.240 e. The zero-order chi connectivity index (χ0) is 18.9. The summed E-state index contributed by atoms with van der Waals surface area (Å²) in [5.41, 5.74) is 3.56. The van der Waals surface area contributed by atoms with E-state index in [9.17, 15) is 8.42 Å². The van der Waals surface area contributed by atoms with Crippen molar-refractivity contribution in [3.05, 3.63) is 66.6 Å². The number of rotatable bonds is 7. The van der Waals surface area contributed by atoms with Gasteiger partial charge in [-0.1, -0.05) is 30.3 Å². The fraction of sp³-hybridized carbons (Fsp3) is 0.250. The minimum Gasteiger partial charge on any atom is -0.380 e. The van der Waals surface area contributed by atoms with Gasteiger partial charge in [0.25, 0.3) is 0 Å². The van der Waals surface area contributed by atoms with Gasteiger partial charge in [0.1, 0.15) is 0 Å². The van der Waals surface area contributed by atoms with Crippen molar-refractivity contribution in [2.24, 2.45) is 0 Å². The summed E-state index contributed by atoms with van der Waals surface area (Å²) in [6, 6.07) is 15.7. The summed E-state index contributed by atoms with van der Waals surface area (Å²) in [6.07, 6.45) is 6.16. The lowest BCUT2D eigenvalue weighted by Gasteiger charge is -2.13. The van der Waals surface area contributed by atoms with E-state index < -0.39 is 10.0 Å². The zero-order valence-electron chi connectivity index (χ0n) is 15.1. The largest absolute Gasteiger partial charge is 0.380 e. The van der Waals surface area contributed by atoms with E-state index >= 15 is 0 Å². The molecule has 0 aliphatic heterocycles. The summed E-state index contributed by atoms with van der Waals surface area (Å²) in [6.45, 7) is 0.648. The van der Waals surface area contributed by atoms with E-state index in [1.165, 1.54) is 19.9 Å². The molecule has 27 heavy (non-hydrogen) atoms. The highest BCUT2D eigenvalue weighted by molar-refractivity contribution is 7.89. The molecular formula is C20H22N4O2S. The highest BCUT2D eigenvalue weighted by atomic mass is 32.2. The first-order chi connectivity index (χ1) is 13.1. The molecule has 0 radical (unpaired) electrons. The predicted molar refractivity (Wildman–Crippen MR) is 106 cm³/mol. The molecule has 1 aliphatic carbocycles. The van der Waals surface area contributed by atoms with Crippen LogP contribution in [-0.4, -0.2) is 25.0 Å². The Hall–Kier alpha value is -2.64. The molecule has 2 N–H and O–H groups in total. The van der Waals surface area contributed by atoms with E-state index in [-0.39, 0.29) is 4.90 Å². The number of anilines is 1. The summed E-state index contributed by atoms with van der Waals surface area (Å²) in [4.78, 5) is 4.75. The average Bonchev–Trinajstić information content (AvgIpc) is 3.44. The smallest absolute Gasteiger partial charge is 0.240 e. The van der Waals surface area contributed by atoms with Crippen LogP contribution in [0, 0.1) is 0 Å². The Morgan fingerprint density at radius 3 is 2.63 bits per heavy atom. The standard InChI is InChI=1S/C20H22N4O2S/c1-21-27(25,26)17-9-10-19(22-12-15-5-3-2-4-6-15)18(11-17)20-13-24(14-23-20)16-7-8-16/h2-6,9-11,13-14,16,21-22H,7-8,12H2,1H3. The minimum atomic E-state index is -3.52. The van der Waals surface area contributed by atoms with Crippen molar-refractivity contribution < 1.29 is 8.42 Å². The van der Waals surface area contributed by atoms with Crippen LogP contribution in [0.3, 0.4) is 0 Å². The second-order valence-electron chi connectivity index (χ2n) is 6.69. The van der Waals surface area contributed by atoms with E-state index in [4.69, 9.17) is 0 Å². The van der Waals surface area contributed by atoms with Crippen LogP contribution in [-0.2, 0) is 16.6 Å². The van der Waals surface area contributed by atoms with Crippen molar-refractivity contribution in [3.63, 3.8) is 0 Å². The van der Waals surface area contributed by atoms with Gasteiger partial charge in [-0.2, -0.15) is 0 Å². The minimum absolute atomic E-state index is 0.228. The Labute approximate surface area is 159 Å². The average molecular weight is 382 g/mol. The summed E-state index contributed by atoms with van der Waals surface area (Å²) in [7, 11) is -2.11. The summed E-state index contributed by atoms with van der Waals surface area (Å²) >= 11 is 0. The highest BCUT2D eigenvalue weighted by Crippen LogP contribution is 2.37. The monoisotopic (exact) mass is 382 g/mol. The fourth-order valence-corrected chi connectivity index (χ4v) is 3.77. The van der Waals surface area contributed by atoms with Crippen molar-refractivity contribution in [1.82, 2.24) is 14.3 Å². The van der Waals surface area contributed by atoms with Crippen molar-refractivity contribution >= 4 is 15.7 Å². The summed E-state index contributed by atoms with van der Waals surface area (Å²) in [5, 5.41) is 3.41. The number of sulfonamides is 1. The number of hydrogen-bond acceptors (Lipinski definition) is 4. The van der Waals surface area contributed by atoms with Crippen LogP contribution in [0.5, 0.6) is 0 Å². The van der Waals surface area contributed by atoms with Crippen LogP contribution in [0.4, 0.5) is 5.69 Å². The third-order valence-corrected chi connectivity index (χ3v) is 6.15. The number of aromatic nitrogens is 2. The van der Waals surface area contributed by atoms with E-state index in [0.717, 1.165) is 22.5 Å². The fourth-order valence-electron chi connectivity index (χ4n) is 3.02. The summed E-state index contributed by atoms with van der Waals surface area (Å²) in [5.74, 6) is 0. The molecule has 0 unspecified atom stereocenters. The zero-order valence-corrected chi connectivity index (χ0v) is 15.9. The van der Waals surface area contributed by atoms with Crippen LogP contribution in [0.15, 0.2) is 66.0 Å². The molecule has 1 aliphatic rings. The lowest BCUT2D eigenvalue weighted by Crippen LogP contribution is -2.18. The molecule has 1 saturated carbocycles. The maximum absolute atomic E-state index is 12.2. The molecule has 1 fully saturated rings. The molecule has 4 rings (SSSR count). The van der Waals surface area contributed by atoms with Crippen LogP contribution >= 0.6 is 0 Å². The van der Waals surface area contributed by atoms with Crippen LogP contribution in [0.1, 0.15) is 24.4 Å². The van der Waals surface area contributed by atoms with Crippen molar-refractivity contribution in [3.8, 4) is 11.3 Å². The molecule has 0 saturated heterocycles. The van der Waals surface area contributed by atoms with E-state index in [2.05, 4.69) is 19.6 Å². The Bertz CT molecular complexity index is 1040. The van der Waals surface area contributed by atoms with Gasteiger partial charge in [0.2, 0.25) is 10.0 Å². The Morgan fingerprint density at radius 2 is 1.93 bits per heavy atom. The first-order valence-electron chi connectivity index (χ1n) is 8.96. The number of hydrogen-bond donors (Lipinski definition) is 2. The Balaban J connectivity index is 1.70. The normalized spacial score (nSPS) is 14.3. The quantitative estimate of drug-likeness (QED) is 0.657. The van der Waals surface area contributed by atoms with Gasteiger partial charge >= 0.3 is 0 Å². The lowest BCUT2D eigenvalue weighted by molar-refractivity contribution is 0.588. The molecule has 1 aromatic heterocycles. The van der Waals surface area contributed by atoms with Crippen LogP contribution < -0.4 is 10.0 Å². The topological polar surface area (TPSA) is 76.0 Å². The number of nitrogens with one attached hydrogen (secondary N) is 2. The SMILES string of the molecule is CNS(=O)(=O)c1ccc(NCc2ccccc2)c(-c2cn(C3CC3)cn2)c1. The van der Waals surface area contributed by atoms with Gasteiger partial charge in [0.15, 0.2) is 0 Å². The number of imidazole rings is 1. The lowest BCUT2D eigenvalue weighted by atomic mass is 10.1.